The molecule has 2 aromatic heterocycles. The van der Waals surface area contributed by atoms with Crippen LogP contribution in [0.4, 0.5) is 9.18 Å². The van der Waals surface area contributed by atoms with Crippen molar-refractivity contribution in [3.05, 3.63) is 26.6 Å². The smallest absolute Gasteiger partial charge is 0.410 e. The van der Waals surface area contributed by atoms with Crippen molar-refractivity contribution in [2.24, 2.45) is 0 Å². The predicted molar refractivity (Wildman–Crippen MR) is 112 cm³/mol. The maximum Gasteiger partial charge on any atom is 0.410 e. The van der Waals surface area contributed by atoms with E-state index in [1.165, 1.54) is 0 Å². The van der Waals surface area contributed by atoms with E-state index in [9.17, 15) is 14.0 Å². The van der Waals surface area contributed by atoms with E-state index in [1.54, 1.807) is 4.90 Å². The van der Waals surface area contributed by atoms with E-state index in [-0.39, 0.29) is 52.9 Å². The van der Waals surface area contributed by atoms with Crippen molar-refractivity contribution in [2.45, 2.75) is 57.3 Å². The van der Waals surface area contributed by atoms with Gasteiger partial charge in [0.15, 0.2) is 11.0 Å². The molecular formula is C19H22Cl2FN5O4. The summed E-state index contributed by atoms with van der Waals surface area (Å²) in [7, 11) is 0. The summed E-state index contributed by atoms with van der Waals surface area (Å²) >= 11 is 11.6. The van der Waals surface area contributed by atoms with Gasteiger partial charge in [0.2, 0.25) is 11.2 Å². The zero-order valence-electron chi connectivity index (χ0n) is 17.2. The highest BCUT2D eigenvalue weighted by Crippen LogP contribution is 2.33. The maximum absolute atomic E-state index is 14.3. The molecular weight excluding hydrogens is 452 g/mol. The van der Waals surface area contributed by atoms with Gasteiger partial charge in [-0.15, -0.1) is 0 Å². The molecule has 2 aromatic rings. The van der Waals surface area contributed by atoms with Crippen LogP contribution in [-0.4, -0.2) is 62.8 Å². The molecule has 4 rings (SSSR count). The van der Waals surface area contributed by atoms with Crippen molar-refractivity contribution in [3.8, 4) is 5.88 Å². The average Bonchev–Trinajstić information content (AvgIpc) is 2.98. The van der Waals surface area contributed by atoms with E-state index in [1.807, 2.05) is 20.8 Å². The third kappa shape index (κ3) is 4.28. The molecule has 12 heteroatoms. The number of aromatic nitrogens is 3. The van der Waals surface area contributed by atoms with Crippen molar-refractivity contribution >= 4 is 40.2 Å². The zero-order valence-corrected chi connectivity index (χ0v) is 18.7. The monoisotopic (exact) mass is 473 g/mol. The Morgan fingerprint density at radius 3 is 2.74 bits per heavy atom. The minimum Gasteiger partial charge on any atom is -0.475 e. The Morgan fingerprint density at radius 2 is 2.03 bits per heavy atom. The highest BCUT2D eigenvalue weighted by atomic mass is 35.5. The van der Waals surface area contributed by atoms with Crippen LogP contribution >= 0.6 is 23.2 Å². The number of pyridine rings is 1. The molecule has 2 saturated heterocycles. The second-order valence-electron chi connectivity index (χ2n) is 8.61. The first-order valence-corrected chi connectivity index (χ1v) is 10.6. The number of nitrogens with one attached hydrogen (secondary N) is 2. The summed E-state index contributed by atoms with van der Waals surface area (Å²) in [5.41, 5.74) is -1.62. The maximum atomic E-state index is 14.3. The van der Waals surface area contributed by atoms with Gasteiger partial charge in [-0.05, 0) is 45.2 Å². The van der Waals surface area contributed by atoms with E-state index >= 15 is 0 Å². The van der Waals surface area contributed by atoms with Gasteiger partial charge in [0.1, 0.15) is 23.1 Å². The number of carbonyl (C=O) groups is 1. The topological polar surface area (TPSA) is 109 Å². The molecule has 4 heterocycles. The van der Waals surface area contributed by atoms with Gasteiger partial charge in [-0.1, -0.05) is 11.6 Å². The lowest BCUT2D eigenvalue weighted by Gasteiger charge is -2.40. The van der Waals surface area contributed by atoms with Gasteiger partial charge in [0.05, 0.1) is 12.1 Å². The summed E-state index contributed by atoms with van der Waals surface area (Å²) in [6.45, 7) is 6.12. The van der Waals surface area contributed by atoms with Gasteiger partial charge in [-0.3, -0.25) is 14.7 Å². The van der Waals surface area contributed by atoms with E-state index in [2.05, 4.69) is 20.3 Å². The van der Waals surface area contributed by atoms with Crippen LogP contribution in [0.2, 0.25) is 10.4 Å². The molecule has 2 fully saturated rings. The standard InChI is InChI=1S/C19H22Cl2FN5O4/c1-19(2,3)31-18(29)27-8-4-5-10(27)9(23-6-8)7-30-16-11-13(12(22)14(20)25-16)24-17(21)26-15(11)28/h8-10,23H,4-7H2,1-3H3,(H,24,26,28)/t8-,9-,10+/m0/s1. The van der Waals surface area contributed by atoms with Crippen LogP contribution in [0.1, 0.15) is 33.6 Å². The second-order valence-corrected chi connectivity index (χ2v) is 9.33. The van der Waals surface area contributed by atoms with Gasteiger partial charge < -0.3 is 14.8 Å². The first kappa shape index (κ1) is 22.0. The highest BCUT2D eigenvalue weighted by Gasteiger charge is 2.46. The molecule has 0 aliphatic carbocycles. The Labute approximate surface area is 187 Å². The van der Waals surface area contributed by atoms with Gasteiger partial charge in [-0.2, -0.15) is 4.98 Å². The number of carbonyl (C=O) groups excluding carboxylic acids is 1. The molecule has 9 nitrogen and oxygen atoms in total. The van der Waals surface area contributed by atoms with Crippen molar-refractivity contribution in [1.29, 1.82) is 0 Å². The fourth-order valence-electron chi connectivity index (χ4n) is 4.07. The van der Waals surface area contributed by atoms with Crippen LogP contribution in [0.25, 0.3) is 10.9 Å². The quantitative estimate of drug-likeness (QED) is 0.520. The Hall–Kier alpha value is -2.17. The fraction of sp³-hybridized carbons (Fsp3) is 0.579. The summed E-state index contributed by atoms with van der Waals surface area (Å²) in [5, 5.41) is 2.42. The van der Waals surface area contributed by atoms with Gasteiger partial charge in [-0.25, -0.2) is 14.2 Å². The summed E-state index contributed by atoms with van der Waals surface area (Å²) in [6.07, 6.45) is 1.26. The average molecular weight is 474 g/mol. The molecule has 2 aliphatic heterocycles. The molecule has 0 saturated carbocycles. The van der Waals surface area contributed by atoms with Crippen LogP contribution in [0, 0.1) is 5.82 Å². The van der Waals surface area contributed by atoms with E-state index in [0.717, 1.165) is 12.8 Å². The lowest BCUT2D eigenvalue weighted by molar-refractivity contribution is 0.00115. The fourth-order valence-corrected chi connectivity index (χ4v) is 4.40. The van der Waals surface area contributed by atoms with Crippen molar-refractivity contribution in [2.75, 3.05) is 13.2 Å². The van der Waals surface area contributed by atoms with Crippen LogP contribution in [0.15, 0.2) is 4.79 Å². The Balaban J connectivity index is 1.57. The van der Waals surface area contributed by atoms with E-state index in [4.69, 9.17) is 32.7 Å². The molecule has 2 bridgehead atoms. The number of halogens is 3. The summed E-state index contributed by atoms with van der Waals surface area (Å²) < 4.78 is 25.7. The summed E-state index contributed by atoms with van der Waals surface area (Å²) in [4.78, 5) is 36.8. The first-order valence-electron chi connectivity index (χ1n) is 9.87. The zero-order chi connectivity index (χ0) is 22.5. The largest absolute Gasteiger partial charge is 0.475 e. The SMILES string of the molecule is CC(C)(C)OC(=O)N1[C@H]2CC[C@@H]1[C@H](COc1nc(Cl)c(F)c3nc(Cl)[nH]c(=O)c13)NC2. The number of ether oxygens (including phenoxy) is 2. The number of amides is 1. The number of nitrogens with zero attached hydrogens (tertiary/aromatic N) is 3. The Kier molecular flexibility index (Phi) is 5.74. The lowest BCUT2D eigenvalue weighted by Crippen LogP contribution is -2.61. The first-order chi connectivity index (χ1) is 14.5. The van der Waals surface area contributed by atoms with E-state index in [0.29, 0.717) is 6.54 Å². The molecule has 0 aromatic carbocycles. The lowest BCUT2D eigenvalue weighted by atomic mass is 10.1. The predicted octanol–water partition coefficient (Wildman–Crippen LogP) is 2.88. The minimum absolute atomic E-state index is 0.0458. The molecule has 31 heavy (non-hydrogen) atoms. The number of aromatic amines is 1. The Morgan fingerprint density at radius 1 is 1.29 bits per heavy atom. The molecule has 168 valence electrons. The normalized spacial score (nSPS) is 23.3. The number of piperazine rings is 1. The Bertz CT molecular complexity index is 1090. The number of hydrogen-bond donors (Lipinski definition) is 2. The van der Waals surface area contributed by atoms with E-state index < -0.39 is 22.1 Å². The number of rotatable bonds is 3. The van der Waals surface area contributed by atoms with Gasteiger partial charge in [0, 0.05) is 12.6 Å². The van der Waals surface area contributed by atoms with Crippen LogP contribution in [-0.2, 0) is 4.74 Å². The second kappa shape index (κ2) is 8.07. The van der Waals surface area contributed by atoms with Crippen LogP contribution in [0.5, 0.6) is 5.88 Å². The molecule has 2 N–H and O–H groups in total. The van der Waals surface area contributed by atoms with Crippen LogP contribution in [0.3, 0.4) is 0 Å². The molecule has 2 aliphatic rings. The number of fused-ring (bicyclic) bond motifs is 3. The summed E-state index contributed by atoms with van der Waals surface area (Å²) in [6, 6.07) is -0.350. The molecule has 0 spiro atoms. The molecule has 0 unspecified atom stereocenters. The summed E-state index contributed by atoms with van der Waals surface area (Å²) in [5.74, 6) is -1.11. The van der Waals surface area contributed by atoms with Crippen molar-refractivity contribution in [1.82, 2.24) is 25.2 Å². The minimum atomic E-state index is -0.956. The van der Waals surface area contributed by atoms with Gasteiger partial charge in [0.25, 0.3) is 5.56 Å². The van der Waals surface area contributed by atoms with Gasteiger partial charge >= 0.3 is 6.09 Å². The number of hydrogen-bond acceptors (Lipinski definition) is 7. The third-order valence-corrected chi connectivity index (χ3v) is 5.75. The van der Waals surface area contributed by atoms with Crippen molar-refractivity contribution < 1.29 is 18.7 Å². The third-order valence-electron chi connectivity index (χ3n) is 5.32. The molecule has 3 atom stereocenters. The van der Waals surface area contributed by atoms with Crippen molar-refractivity contribution in [3.63, 3.8) is 0 Å². The molecule has 1 amide bonds. The molecule has 0 radical (unpaired) electrons. The van der Waals surface area contributed by atoms with Crippen LogP contribution < -0.4 is 15.6 Å². The number of H-pyrrole nitrogens is 1. The highest BCUT2D eigenvalue weighted by molar-refractivity contribution is 6.30.